The van der Waals surface area contributed by atoms with E-state index in [1.54, 1.807) is 7.11 Å². The average molecular weight is 297 g/mol. The van der Waals surface area contributed by atoms with Gasteiger partial charge in [-0.2, -0.15) is 0 Å². The van der Waals surface area contributed by atoms with E-state index in [4.69, 9.17) is 16.3 Å². The molecule has 1 amide bonds. The molecular weight excluding hydrogens is 276 g/mol. The molecule has 1 aromatic rings. The smallest absolute Gasteiger partial charge is 0.252 e. The Morgan fingerprint density at radius 1 is 1.40 bits per heavy atom. The minimum Gasteiger partial charge on any atom is -0.368 e. The summed E-state index contributed by atoms with van der Waals surface area (Å²) in [5.41, 5.74) is 0.373. The van der Waals surface area contributed by atoms with Crippen LogP contribution in [0.3, 0.4) is 0 Å². The Morgan fingerprint density at radius 3 is 2.75 bits per heavy atom. The van der Waals surface area contributed by atoms with Crippen LogP contribution in [0.1, 0.15) is 18.4 Å². The second-order valence-corrected chi connectivity index (χ2v) is 5.45. The summed E-state index contributed by atoms with van der Waals surface area (Å²) in [4.78, 5) is 12.3. The van der Waals surface area contributed by atoms with Gasteiger partial charge in [0, 0.05) is 18.7 Å². The lowest BCUT2D eigenvalue weighted by molar-refractivity contribution is -0.146. The molecular formula is C15H21ClN2O2. The first kappa shape index (κ1) is 15.3. The molecule has 0 radical (unpaired) electrons. The number of rotatable bonds is 5. The van der Waals surface area contributed by atoms with Gasteiger partial charge in [-0.15, -0.1) is 0 Å². The Hall–Kier alpha value is -1.10. The number of benzene rings is 1. The molecule has 2 N–H and O–H groups in total. The number of methoxy groups -OCH3 is 1. The van der Waals surface area contributed by atoms with Gasteiger partial charge in [0.05, 0.1) is 0 Å². The van der Waals surface area contributed by atoms with Gasteiger partial charge in [0.2, 0.25) is 0 Å². The van der Waals surface area contributed by atoms with Gasteiger partial charge < -0.3 is 15.4 Å². The lowest BCUT2D eigenvalue weighted by Gasteiger charge is -2.34. The summed E-state index contributed by atoms with van der Waals surface area (Å²) in [6.45, 7) is 2.19. The number of ether oxygens (including phenoxy) is 1. The maximum absolute atomic E-state index is 12.3. The fourth-order valence-corrected chi connectivity index (χ4v) is 2.76. The highest BCUT2D eigenvalue weighted by Gasteiger charge is 2.39. The average Bonchev–Trinajstić information content (AvgIpc) is 2.49. The zero-order chi connectivity index (χ0) is 14.4. The van der Waals surface area contributed by atoms with Crippen LogP contribution in [0.5, 0.6) is 0 Å². The van der Waals surface area contributed by atoms with Crippen molar-refractivity contribution in [2.75, 3.05) is 26.7 Å². The van der Waals surface area contributed by atoms with Crippen molar-refractivity contribution in [3.63, 3.8) is 0 Å². The van der Waals surface area contributed by atoms with Crippen LogP contribution in [0.2, 0.25) is 5.02 Å². The maximum atomic E-state index is 12.3. The number of nitrogens with one attached hydrogen (secondary N) is 2. The van der Waals surface area contributed by atoms with Crippen LogP contribution < -0.4 is 10.6 Å². The quantitative estimate of drug-likeness (QED) is 0.871. The van der Waals surface area contributed by atoms with Gasteiger partial charge in [0.25, 0.3) is 5.91 Å². The van der Waals surface area contributed by atoms with E-state index >= 15 is 0 Å². The minimum atomic E-state index is -0.675. The Morgan fingerprint density at radius 2 is 2.10 bits per heavy atom. The van der Waals surface area contributed by atoms with E-state index < -0.39 is 5.60 Å². The normalized spacial score (nSPS) is 17.7. The molecule has 0 saturated carbocycles. The minimum absolute atomic E-state index is 0.0199. The number of hydrogen-bond donors (Lipinski definition) is 2. The number of halogens is 1. The fourth-order valence-electron chi connectivity index (χ4n) is 2.53. The summed E-state index contributed by atoms with van der Waals surface area (Å²) in [6.07, 6.45) is 2.15. The van der Waals surface area contributed by atoms with Gasteiger partial charge >= 0.3 is 0 Å². The molecule has 1 heterocycles. The SMILES string of the molecule is COC1(C(=O)NCCc2ccccc2Cl)CCNCC1. The molecule has 1 aromatic carbocycles. The molecule has 1 aliphatic rings. The lowest BCUT2D eigenvalue weighted by atomic mass is 9.91. The van der Waals surface area contributed by atoms with Crippen LogP contribution in [0.4, 0.5) is 0 Å². The van der Waals surface area contributed by atoms with E-state index in [9.17, 15) is 4.79 Å². The summed E-state index contributed by atoms with van der Waals surface area (Å²) in [5.74, 6) is -0.0199. The van der Waals surface area contributed by atoms with Gasteiger partial charge in [-0.05, 0) is 44.0 Å². The van der Waals surface area contributed by atoms with Crippen molar-refractivity contribution in [3.8, 4) is 0 Å². The van der Waals surface area contributed by atoms with Crippen LogP contribution in [-0.2, 0) is 16.0 Å². The van der Waals surface area contributed by atoms with Crippen molar-refractivity contribution in [1.82, 2.24) is 10.6 Å². The van der Waals surface area contributed by atoms with E-state index in [1.807, 2.05) is 24.3 Å². The number of hydrogen-bond acceptors (Lipinski definition) is 3. The first-order valence-electron chi connectivity index (χ1n) is 6.95. The third kappa shape index (κ3) is 3.51. The standard InChI is InChI=1S/C15H21ClN2O2/c1-20-15(7-10-17-11-8-15)14(19)18-9-6-12-4-2-3-5-13(12)16/h2-5,17H,6-11H2,1H3,(H,18,19). The van der Waals surface area contributed by atoms with Gasteiger partial charge in [-0.3, -0.25) is 4.79 Å². The highest BCUT2D eigenvalue weighted by molar-refractivity contribution is 6.31. The first-order chi connectivity index (χ1) is 9.68. The van der Waals surface area contributed by atoms with Gasteiger partial charge in [-0.25, -0.2) is 0 Å². The third-order valence-electron chi connectivity index (χ3n) is 3.85. The van der Waals surface area contributed by atoms with Crippen LogP contribution in [-0.4, -0.2) is 38.3 Å². The van der Waals surface area contributed by atoms with Crippen LogP contribution in [0.15, 0.2) is 24.3 Å². The van der Waals surface area contributed by atoms with Crippen molar-refractivity contribution in [1.29, 1.82) is 0 Å². The maximum Gasteiger partial charge on any atom is 0.252 e. The van der Waals surface area contributed by atoms with Crippen molar-refractivity contribution in [2.24, 2.45) is 0 Å². The summed E-state index contributed by atoms with van der Waals surface area (Å²) < 4.78 is 5.49. The molecule has 4 nitrogen and oxygen atoms in total. The highest BCUT2D eigenvalue weighted by atomic mass is 35.5. The Kier molecular flexibility index (Phi) is 5.40. The van der Waals surface area contributed by atoms with Crippen molar-refractivity contribution in [3.05, 3.63) is 34.9 Å². The molecule has 20 heavy (non-hydrogen) atoms. The largest absolute Gasteiger partial charge is 0.368 e. The van der Waals surface area contributed by atoms with Crippen LogP contribution in [0, 0.1) is 0 Å². The molecule has 5 heteroatoms. The summed E-state index contributed by atoms with van der Waals surface area (Å²) in [5, 5.41) is 6.95. The topological polar surface area (TPSA) is 50.4 Å². The Bertz CT molecular complexity index is 459. The predicted octanol–water partition coefficient (Wildman–Crippen LogP) is 1.77. The second kappa shape index (κ2) is 7.07. The molecule has 0 aromatic heterocycles. The predicted molar refractivity (Wildman–Crippen MR) is 80.0 cm³/mol. The van der Waals surface area contributed by atoms with E-state index in [-0.39, 0.29) is 5.91 Å². The van der Waals surface area contributed by atoms with Gasteiger partial charge in [0.15, 0.2) is 0 Å². The first-order valence-corrected chi connectivity index (χ1v) is 7.33. The number of amides is 1. The zero-order valence-electron chi connectivity index (χ0n) is 11.7. The zero-order valence-corrected chi connectivity index (χ0v) is 12.5. The lowest BCUT2D eigenvalue weighted by Crippen LogP contribution is -2.54. The molecule has 0 unspecified atom stereocenters. The summed E-state index contributed by atoms with van der Waals surface area (Å²) in [6, 6.07) is 7.69. The van der Waals surface area contributed by atoms with Crippen LogP contribution >= 0.6 is 11.6 Å². The number of carbonyl (C=O) groups excluding carboxylic acids is 1. The molecule has 0 bridgehead atoms. The van der Waals surface area contributed by atoms with E-state index in [2.05, 4.69) is 10.6 Å². The van der Waals surface area contributed by atoms with Crippen molar-refractivity contribution < 1.29 is 9.53 Å². The molecule has 0 spiro atoms. The molecule has 0 atom stereocenters. The van der Waals surface area contributed by atoms with E-state index in [1.165, 1.54) is 0 Å². The molecule has 110 valence electrons. The van der Waals surface area contributed by atoms with E-state index in [0.29, 0.717) is 19.4 Å². The van der Waals surface area contributed by atoms with Crippen molar-refractivity contribution >= 4 is 17.5 Å². The Balaban J connectivity index is 1.87. The van der Waals surface area contributed by atoms with Crippen LogP contribution in [0.25, 0.3) is 0 Å². The number of carbonyl (C=O) groups is 1. The second-order valence-electron chi connectivity index (χ2n) is 5.05. The molecule has 1 saturated heterocycles. The molecule has 1 fully saturated rings. The van der Waals surface area contributed by atoms with Gasteiger partial charge in [-0.1, -0.05) is 29.8 Å². The molecule has 2 rings (SSSR count). The molecule has 1 aliphatic heterocycles. The van der Waals surface area contributed by atoms with E-state index in [0.717, 1.165) is 30.1 Å². The third-order valence-corrected chi connectivity index (χ3v) is 4.22. The Labute approximate surface area is 124 Å². The monoisotopic (exact) mass is 296 g/mol. The fraction of sp³-hybridized carbons (Fsp3) is 0.533. The number of piperidine rings is 1. The summed E-state index contributed by atoms with van der Waals surface area (Å²) in [7, 11) is 1.61. The van der Waals surface area contributed by atoms with Gasteiger partial charge in [0.1, 0.15) is 5.60 Å². The summed E-state index contributed by atoms with van der Waals surface area (Å²) >= 11 is 6.10. The highest BCUT2D eigenvalue weighted by Crippen LogP contribution is 2.22. The molecule has 0 aliphatic carbocycles. The van der Waals surface area contributed by atoms with Crippen molar-refractivity contribution in [2.45, 2.75) is 24.9 Å².